The van der Waals surface area contributed by atoms with Crippen LogP contribution in [0.5, 0.6) is 0 Å². The van der Waals surface area contributed by atoms with E-state index in [1.54, 1.807) is 29.2 Å². The molecule has 3 rings (SSSR count). The number of carbonyl (C=O) groups is 1. The number of aryl methyl sites for hydroxylation is 2. The van der Waals surface area contributed by atoms with Gasteiger partial charge in [0, 0.05) is 36.8 Å². The van der Waals surface area contributed by atoms with Crippen LogP contribution in [0, 0.1) is 27.7 Å². The average Bonchev–Trinajstić information content (AvgIpc) is 2.66. The van der Waals surface area contributed by atoms with Gasteiger partial charge in [-0.15, -0.1) is 0 Å². The zero-order valence-electron chi connectivity index (χ0n) is 16.6. The van der Waals surface area contributed by atoms with Crippen molar-refractivity contribution >= 4 is 27.5 Å². The Labute approximate surface area is 172 Å². The minimum Gasteiger partial charge on any atom is -0.336 e. The molecule has 0 atom stereocenters. The third-order valence-electron chi connectivity index (χ3n) is 5.51. The molecule has 2 aromatic rings. The summed E-state index contributed by atoms with van der Waals surface area (Å²) in [4.78, 5) is 14.7. The molecular weight excluding hydrogens is 396 g/mol. The predicted molar refractivity (Wildman–Crippen MR) is 112 cm³/mol. The Bertz CT molecular complexity index is 983. The van der Waals surface area contributed by atoms with Gasteiger partial charge in [-0.1, -0.05) is 17.7 Å². The second-order valence-electron chi connectivity index (χ2n) is 7.29. The van der Waals surface area contributed by atoms with Crippen molar-refractivity contribution in [2.75, 3.05) is 26.2 Å². The van der Waals surface area contributed by atoms with Crippen LogP contribution < -0.4 is 0 Å². The van der Waals surface area contributed by atoms with Crippen LogP contribution in [-0.4, -0.2) is 49.7 Å². The van der Waals surface area contributed by atoms with Gasteiger partial charge in [-0.25, -0.2) is 8.42 Å². The van der Waals surface area contributed by atoms with Crippen molar-refractivity contribution in [3.63, 3.8) is 0 Å². The molecule has 0 radical (unpaired) electrons. The number of amides is 1. The first kappa shape index (κ1) is 20.8. The van der Waals surface area contributed by atoms with Crippen molar-refractivity contribution < 1.29 is 13.2 Å². The van der Waals surface area contributed by atoms with Crippen molar-refractivity contribution in [2.45, 2.75) is 32.6 Å². The van der Waals surface area contributed by atoms with Gasteiger partial charge >= 0.3 is 0 Å². The van der Waals surface area contributed by atoms with Crippen molar-refractivity contribution in [1.82, 2.24) is 9.21 Å². The van der Waals surface area contributed by atoms with Gasteiger partial charge < -0.3 is 4.90 Å². The lowest BCUT2D eigenvalue weighted by molar-refractivity contribution is 0.0698. The van der Waals surface area contributed by atoms with Crippen molar-refractivity contribution in [3.05, 3.63) is 63.2 Å². The standard InChI is InChI=1S/C21H25ClN2O3S/c1-14-13-15(2)17(4)20(16(14)3)28(26,27)24-11-9-23(10-12-24)21(25)18-5-7-19(22)8-6-18/h5-8,13H,9-12H2,1-4H3. The van der Waals surface area contributed by atoms with Crippen LogP contribution in [0.4, 0.5) is 0 Å². The molecule has 1 heterocycles. The minimum atomic E-state index is -3.61. The molecule has 1 amide bonds. The Morgan fingerprint density at radius 1 is 0.893 bits per heavy atom. The van der Waals surface area contributed by atoms with Gasteiger partial charge in [-0.2, -0.15) is 4.31 Å². The van der Waals surface area contributed by atoms with Crippen LogP contribution in [0.25, 0.3) is 0 Å². The molecule has 1 fully saturated rings. The Balaban J connectivity index is 1.79. The maximum Gasteiger partial charge on any atom is 0.253 e. The summed E-state index contributed by atoms with van der Waals surface area (Å²) in [5, 5.41) is 0.576. The molecule has 0 aliphatic carbocycles. The van der Waals surface area contributed by atoms with Crippen LogP contribution in [0.2, 0.25) is 5.02 Å². The fourth-order valence-electron chi connectivity index (χ4n) is 3.60. The van der Waals surface area contributed by atoms with E-state index in [1.165, 1.54) is 4.31 Å². The number of hydrogen-bond donors (Lipinski definition) is 0. The van der Waals surface area contributed by atoms with E-state index in [4.69, 9.17) is 11.6 Å². The Hall–Kier alpha value is -1.89. The molecule has 28 heavy (non-hydrogen) atoms. The van der Waals surface area contributed by atoms with E-state index in [-0.39, 0.29) is 19.0 Å². The lowest BCUT2D eigenvalue weighted by Crippen LogP contribution is -2.50. The maximum absolute atomic E-state index is 13.3. The first-order valence-electron chi connectivity index (χ1n) is 9.25. The van der Waals surface area contributed by atoms with Crippen LogP contribution in [0.15, 0.2) is 35.2 Å². The molecule has 0 unspecified atom stereocenters. The molecule has 1 aliphatic rings. The van der Waals surface area contributed by atoms with Gasteiger partial charge in [-0.3, -0.25) is 4.79 Å². The average molecular weight is 421 g/mol. The van der Waals surface area contributed by atoms with Crippen LogP contribution in [0.3, 0.4) is 0 Å². The number of benzene rings is 2. The summed E-state index contributed by atoms with van der Waals surface area (Å²) in [6.07, 6.45) is 0. The summed E-state index contributed by atoms with van der Waals surface area (Å²) in [5.74, 6) is -0.104. The number of hydrogen-bond acceptors (Lipinski definition) is 3. The van der Waals surface area contributed by atoms with Gasteiger partial charge in [0.15, 0.2) is 0 Å². The molecule has 0 saturated carbocycles. The van der Waals surface area contributed by atoms with E-state index in [2.05, 4.69) is 0 Å². The number of sulfonamides is 1. The normalized spacial score (nSPS) is 15.7. The number of nitrogens with zero attached hydrogens (tertiary/aromatic N) is 2. The quantitative estimate of drug-likeness (QED) is 0.760. The third-order valence-corrected chi connectivity index (χ3v) is 7.94. The van der Waals surface area contributed by atoms with Crippen molar-refractivity contribution in [3.8, 4) is 0 Å². The molecule has 2 aromatic carbocycles. The van der Waals surface area contributed by atoms with Crippen LogP contribution in [0.1, 0.15) is 32.6 Å². The fourth-order valence-corrected chi connectivity index (χ4v) is 5.73. The first-order valence-corrected chi connectivity index (χ1v) is 11.1. The molecule has 0 bridgehead atoms. The predicted octanol–water partition coefficient (Wildman–Crippen LogP) is 3.72. The van der Waals surface area contributed by atoms with Crippen LogP contribution in [-0.2, 0) is 10.0 Å². The van der Waals surface area contributed by atoms with E-state index in [0.29, 0.717) is 28.6 Å². The lowest BCUT2D eigenvalue weighted by atomic mass is 10.0. The molecule has 1 aliphatic heterocycles. The molecule has 1 saturated heterocycles. The summed E-state index contributed by atoms with van der Waals surface area (Å²) < 4.78 is 28.1. The van der Waals surface area contributed by atoms with Crippen LogP contribution >= 0.6 is 11.6 Å². The highest BCUT2D eigenvalue weighted by Crippen LogP contribution is 2.29. The fraction of sp³-hybridized carbons (Fsp3) is 0.381. The molecular formula is C21H25ClN2O3S. The molecule has 0 N–H and O–H groups in total. The zero-order valence-corrected chi connectivity index (χ0v) is 18.2. The maximum atomic E-state index is 13.3. The van der Waals surface area contributed by atoms with E-state index >= 15 is 0 Å². The Morgan fingerprint density at radius 3 is 1.89 bits per heavy atom. The topological polar surface area (TPSA) is 57.7 Å². The summed E-state index contributed by atoms with van der Waals surface area (Å²) in [5.41, 5.74) is 4.09. The summed E-state index contributed by atoms with van der Waals surface area (Å²) >= 11 is 5.88. The third kappa shape index (κ3) is 3.81. The number of carbonyl (C=O) groups excluding carboxylic acids is 1. The summed E-state index contributed by atoms with van der Waals surface area (Å²) in [6.45, 7) is 8.88. The highest BCUT2D eigenvalue weighted by Gasteiger charge is 2.33. The largest absolute Gasteiger partial charge is 0.336 e. The van der Waals surface area contributed by atoms with E-state index in [1.807, 2.05) is 33.8 Å². The Kier molecular flexibility index (Phi) is 5.84. The second-order valence-corrected chi connectivity index (χ2v) is 9.60. The molecule has 7 heteroatoms. The van der Waals surface area contributed by atoms with Gasteiger partial charge in [0.25, 0.3) is 5.91 Å². The van der Waals surface area contributed by atoms with Gasteiger partial charge in [0.2, 0.25) is 10.0 Å². The highest BCUT2D eigenvalue weighted by atomic mass is 35.5. The van der Waals surface area contributed by atoms with E-state index < -0.39 is 10.0 Å². The zero-order chi connectivity index (χ0) is 20.6. The second kappa shape index (κ2) is 7.85. The number of rotatable bonds is 3. The van der Waals surface area contributed by atoms with E-state index in [0.717, 1.165) is 22.3 Å². The minimum absolute atomic E-state index is 0.104. The highest BCUT2D eigenvalue weighted by molar-refractivity contribution is 7.89. The van der Waals surface area contributed by atoms with Gasteiger partial charge in [0.1, 0.15) is 0 Å². The van der Waals surface area contributed by atoms with E-state index in [9.17, 15) is 13.2 Å². The molecule has 150 valence electrons. The number of halogens is 1. The smallest absolute Gasteiger partial charge is 0.253 e. The summed E-state index contributed by atoms with van der Waals surface area (Å²) in [6, 6.07) is 8.76. The van der Waals surface area contributed by atoms with Gasteiger partial charge in [-0.05, 0) is 74.2 Å². The number of piperazine rings is 1. The van der Waals surface area contributed by atoms with Crippen molar-refractivity contribution in [1.29, 1.82) is 0 Å². The lowest BCUT2D eigenvalue weighted by Gasteiger charge is -2.35. The summed E-state index contributed by atoms with van der Waals surface area (Å²) in [7, 11) is -3.61. The first-order chi connectivity index (χ1) is 13.1. The molecule has 0 spiro atoms. The monoisotopic (exact) mass is 420 g/mol. The Morgan fingerprint density at radius 2 is 1.39 bits per heavy atom. The van der Waals surface area contributed by atoms with Crippen molar-refractivity contribution in [2.24, 2.45) is 0 Å². The molecule has 5 nitrogen and oxygen atoms in total. The SMILES string of the molecule is Cc1cc(C)c(C)c(S(=O)(=O)N2CCN(C(=O)c3ccc(Cl)cc3)CC2)c1C. The van der Waals surface area contributed by atoms with Gasteiger partial charge in [0.05, 0.1) is 4.90 Å². The molecule has 0 aromatic heterocycles.